The predicted octanol–water partition coefficient (Wildman–Crippen LogP) is 1.55. The number of hydrogen-bond donors (Lipinski definition) is 2. The van der Waals surface area contributed by atoms with Crippen LogP contribution in [0.4, 0.5) is 9.18 Å². The van der Waals surface area contributed by atoms with Gasteiger partial charge in [-0.1, -0.05) is 6.07 Å². The summed E-state index contributed by atoms with van der Waals surface area (Å²) in [5.41, 5.74) is 0.625. The van der Waals surface area contributed by atoms with Gasteiger partial charge in [-0.05, 0) is 25.1 Å². The molecule has 9 nitrogen and oxygen atoms in total. The molecular weight excluding hydrogens is 405 g/mol. The Morgan fingerprint density at radius 1 is 1.34 bits per heavy atom. The summed E-state index contributed by atoms with van der Waals surface area (Å²) in [5.74, 6) is 0.211. The third kappa shape index (κ3) is 5.55. The second kappa shape index (κ2) is 8.62. The summed E-state index contributed by atoms with van der Waals surface area (Å²) in [6.07, 6.45) is 0.220. The lowest BCUT2D eigenvalue weighted by molar-refractivity contribution is -0.118. The standard InChI is InChI=1S/C18H20FN3O6S/c1-12(19)10-27-14-3-2-4-16(6-14)29(25,26)20-7-15-5-13(11-28-15)8-22-9-17(23)21-18(22)24/h2-6,11-12,20H,7-10H2,1H3,(H,21,23,24). The van der Waals surface area contributed by atoms with Crippen molar-refractivity contribution in [3.8, 4) is 5.75 Å². The van der Waals surface area contributed by atoms with Gasteiger partial charge >= 0.3 is 6.03 Å². The molecule has 3 rings (SSSR count). The molecule has 1 aromatic carbocycles. The predicted molar refractivity (Wildman–Crippen MR) is 99.2 cm³/mol. The highest BCUT2D eigenvalue weighted by Crippen LogP contribution is 2.19. The van der Waals surface area contributed by atoms with Crippen LogP contribution in [0.3, 0.4) is 0 Å². The van der Waals surface area contributed by atoms with Crippen LogP contribution in [-0.2, 0) is 27.9 Å². The van der Waals surface area contributed by atoms with Crippen molar-refractivity contribution in [2.75, 3.05) is 13.2 Å². The van der Waals surface area contributed by atoms with Crippen molar-refractivity contribution >= 4 is 22.0 Å². The Hall–Kier alpha value is -2.92. The molecule has 1 aliphatic rings. The zero-order valence-electron chi connectivity index (χ0n) is 15.6. The molecule has 11 heteroatoms. The zero-order valence-corrected chi connectivity index (χ0v) is 16.4. The number of imide groups is 1. The van der Waals surface area contributed by atoms with Gasteiger partial charge in [-0.3, -0.25) is 10.1 Å². The number of halogens is 1. The molecule has 0 spiro atoms. The highest BCUT2D eigenvalue weighted by atomic mass is 32.2. The normalized spacial score (nSPS) is 15.4. The van der Waals surface area contributed by atoms with Gasteiger partial charge in [0.25, 0.3) is 0 Å². The van der Waals surface area contributed by atoms with Gasteiger partial charge in [0.2, 0.25) is 15.9 Å². The van der Waals surface area contributed by atoms with Gasteiger partial charge in [-0.15, -0.1) is 0 Å². The number of urea groups is 1. The van der Waals surface area contributed by atoms with E-state index in [0.29, 0.717) is 11.3 Å². The Bertz CT molecular complexity index is 1000. The van der Waals surface area contributed by atoms with E-state index in [2.05, 4.69) is 10.0 Å². The number of furan rings is 1. The van der Waals surface area contributed by atoms with Crippen LogP contribution in [0.5, 0.6) is 5.75 Å². The zero-order chi connectivity index (χ0) is 21.0. The van der Waals surface area contributed by atoms with Crippen LogP contribution in [-0.4, -0.2) is 44.6 Å². The van der Waals surface area contributed by atoms with Crippen molar-refractivity contribution in [1.82, 2.24) is 14.9 Å². The van der Waals surface area contributed by atoms with Gasteiger partial charge in [0.15, 0.2) is 0 Å². The molecular formula is C18H20FN3O6S. The Balaban J connectivity index is 1.59. The molecule has 2 N–H and O–H groups in total. The minimum Gasteiger partial charge on any atom is -0.491 e. The van der Waals surface area contributed by atoms with Gasteiger partial charge in [0, 0.05) is 11.6 Å². The molecule has 0 radical (unpaired) electrons. The van der Waals surface area contributed by atoms with E-state index in [1.807, 2.05) is 0 Å². The first-order valence-corrected chi connectivity index (χ1v) is 10.2. The molecule has 1 unspecified atom stereocenters. The fourth-order valence-corrected chi connectivity index (χ4v) is 3.65. The minimum absolute atomic E-state index is 0.0273. The number of amides is 3. The Morgan fingerprint density at radius 2 is 2.14 bits per heavy atom. The first-order chi connectivity index (χ1) is 13.7. The topological polar surface area (TPSA) is 118 Å². The maximum Gasteiger partial charge on any atom is 0.324 e. The second-order valence-electron chi connectivity index (χ2n) is 6.52. The Morgan fingerprint density at radius 3 is 2.83 bits per heavy atom. The third-order valence-electron chi connectivity index (χ3n) is 3.98. The van der Waals surface area contributed by atoms with Crippen LogP contribution in [0.15, 0.2) is 45.9 Å². The summed E-state index contributed by atoms with van der Waals surface area (Å²) in [4.78, 5) is 24.0. The summed E-state index contributed by atoms with van der Waals surface area (Å²) in [6.45, 7) is 1.19. The van der Waals surface area contributed by atoms with E-state index in [0.717, 1.165) is 0 Å². The largest absolute Gasteiger partial charge is 0.491 e. The van der Waals surface area contributed by atoms with E-state index in [4.69, 9.17) is 9.15 Å². The number of nitrogens with zero attached hydrogens (tertiary/aromatic N) is 1. The first kappa shape index (κ1) is 20.8. The van der Waals surface area contributed by atoms with Crippen molar-refractivity contribution in [3.05, 3.63) is 47.9 Å². The number of alkyl halides is 1. The average Bonchev–Trinajstić information content (AvgIpc) is 3.24. The highest BCUT2D eigenvalue weighted by Gasteiger charge is 2.27. The summed E-state index contributed by atoms with van der Waals surface area (Å²) in [5, 5.41) is 2.17. The Labute approximate surface area is 166 Å². The molecule has 1 fully saturated rings. The van der Waals surface area contributed by atoms with Crippen LogP contribution in [0.1, 0.15) is 18.2 Å². The van der Waals surface area contributed by atoms with Crippen molar-refractivity contribution in [1.29, 1.82) is 0 Å². The summed E-state index contributed by atoms with van der Waals surface area (Å²) < 4.78 is 50.8. The van der Waals surface area contributed by atoms with Crippen molar-refractivity contribution in [2.24, 2.45) is 0 Å². The van der Waals surface area contributed by atoms with Crippen LogP contribution in [0.25, 0.3) is 0 Å². The summed E-state index contributed by atoms with van der Waals surface area (Å²) in [7, 11) is -3.85. The van der Waals surface area contributed by atoms with E-state index < -0.39 is 22.2 Å². The van der Waals surface area contributed by atoms with Gasteiger partial charge < -0.3 is 14.1 Å². The van der Waals surface area contributed by atoms with Gasteiger partial charge in [-0.2, -0.15) is 0 Å². The SMILES string of the molecule is CC(F)COc1cccc(S(=O)(=O)NCc2cc(CN3CC(=O)NC3=O)co2)c1. The summed E-state index contributed by atoms with van der Waals surface area (Å²) in [6, 6.07) is 6.86. The van der Waals surface area contributed by atoms with E-state index in [1.54, 1.807) is 12.1 Å². The van der Waals surface area contributed by atoms with Crippen molar-refractivity contribution < 1.29 is 31.6 Å². The number of sulfonamides is 1. The first-order valence-electron chi connectivity index (χ1n) is 8.74. The van der Waals surface area contributed by atoms with Crippen molar-refractivity contribution in [3.63, 3.8) is 0 Å². The smallest absolute Gasteiger partial charge is 0.324 e. The van der Waals surface area contributed by atoms with E-state index in [9.17, 15) is 22.4 Å². The third-order valence-corrected chi connectivity index (χ3v) is 5.38. The maximum absolute atomic E-state index is 12.9. The molecule has 1 aliphatic heterocycles. The lowest BCUT2D eigenvalue weighted by Gasteiger charge is -2.10. The number of rotatable bonds is 9. The fraction of sp³-hybridized carbons (Fsp3) is 0.333. The van der Waals surface area contributed by atoms with Crippen LogP contribution in [0, 0.1) is 0 Å². The van der Waals surface area contributed by atoms with Gasteiger partial charge in [0.05, 0.1) is 24.2 Å². The minimum atomic E-state index is -3.85. The Kier molecular flexibility index (Phi) is 6.18. The molecule has 1 aromatic heterocycles. The lowest BCUT2D eigenvalue weighted by atomic mass is 10.3. The molecule has 0 saturated carbocycles. The van der Waals surface area contributed by atoms with E-state index in [1.165, 1.54) is 36.3 Å². The molecule has 3 amide bonds. The summed E-state index contributed by atoms with van der Waals surface area (Å²) >= 11 is 0. The number of benzene rings is 1. The van der Waals surface area contributed by atoms with Gasteiger partial charge in [0.1, 0.15) is 30.8 Å². The molecule has 1 saturated heterocycles. The second-order valence-corrected chi connectivity index (χ2v) is 8.29. The molecule has 2 heterocycles. The molecule has 29 heavy (non-hydrogen) atoms. The van der Waals surface area contributed by atoms with E-state index in [-0.39, 0.29) is 42.8 Å². The number of carbonyl (C=O) groups excluding carboxylic acids is 2. The van der Waals surface area contributed by atoms with Crippen LogP contribution in [0.2, 0.25) is 0 Å². The van der Waals surface area contributed by atoms with Crippen molar-refractivity contribution in [2.45, 2.75) is 31.1 Å². The highest BCUT2D eigenvalue weighted by molar-refractivity contribution is 7.89. The molecule has 0 bridgehead atoms. The lowest BCUT2D eigenvalue weighted by Crippen LogP contribution is -2.27. The number of carbonyl (C=O) groups is 2. The molecule has 156 valence electrons. The number of hydrogen-bond acceptors (Lipinski definition) is 6. The molecule has 1 atom stereocenters. The molecule has 0 aliphatic carbocycles. The average molecular weight is 425 g/mol. The van der Waals surface area contributed by atoms with Crippen LogP contribution < -0.4 is 14.8 Å². The molecule has 2 aromatic rings. The maximum atomic E-state index is 12.9. The quantitative estimate of drug-likeness (QED) is 0.589. The van der Waals surface area contributed by atoms with E-state index >= 15 is 0 Å². The van der Waals surface area contributed by atoms with Gasteiger partial charge in [-0.25, -0.2) is 22.3 Å². The number of ether oxygens (including phenoxy) is 1. The number of nitrogens with one attached hydrogen (secondary N) is 2. The van der Waals surface area contributed by atoms with Crippen LogP contribution >= 0.6 is 0 Å². The monoisotopic (exact) mass is 425 g/mol. The fourth-order valence-electron chi connectivity index (χ4n) is 2.62.